The average molecular weight is 1690 g/mol. The van der Waals surface area contributed by atoms with Gasteiger partial charge in [0.2, 0.25) is 76.8 Å². The summed E-state index contributed by atoms with van der Waals surface area (Å²) in [7, 11) is 0. The zero-order valence-electron chi connectivity index (χ0n) is 66.0. The van der Waals surface area contributed by atoms with Gasteiger partial charge in [-0.1, -0.05) is 88.4 Å². The number of carboxylic acids is 4. The smallest absolute Gasteiger partial charge is 0.417 e. The summed E-state index contributed by atoms with van der Waals surface area (Å²) in [5, 5.41) is 76.1. The van der Waals surface area contributed by atoms with E-state index in [-0.39, 0.29) is 42.0 Å². The molecule has 0 radical (unpaired) electrons. The fourth-order valence-corrected chi connectivity index (χ4v) is 12.0. The molecule has 1 fully saturated rings. The first-order valence-electron chi connectivity index (χ1n) is 38.1. The second kappa shape index (κ2) is 50.2. The molecule has 2 heterocycles. The number of cyclic esters (lactones) is 1. The maximum atomic E-state index is 15.0. The average Bonchev–Trinajstić information content (AvgIpc) is 1.59. The number of carbonyl (C=O) groups is 21. The summed E-state index contributed by atoms with van der Waals surface area (Å²) in [5.41, 5.74) is 18.1. The number of aromatic amines is 1. The van der Waals surface area contributed by atoms with Gasteiger partial charge in [-0.2, -0.15) is 0 Å². The van der Waals surface area contributed by atoms with E-state index in [9.17, 15) is 121 Å². The van der Waals surface area contributed by atoms with Crippen LogP contribution in [0.1, 0.15) is 146 Å². The summed E-state index contributed by atoms with van der Waals surface area (Å²) in [6.45, 7) is 2.11. The van der Waals surface area contributed by atoms with Crippen LogP contribution in [-0.2, 0) is 107 Å². The van der Waals surface area contributed by atoms with Crippen LogP contribution in [0.4, 0.5) is 10.5 Å². The van der Waals surface area contributed by atoms with Crippen molar-refractivity contribution in [3.8, 4) is 0 Å². The lowest BCUT2D eigenvalue weighted by Gasteiger charge is -2.31. The van der Waals surface area contributed by atoms with Crippen molar-refractivity contribution in [3.05, 3.63) is 78.5 Å². The van der Waals surface area contributed by atoms with Crippen LogP contribution in [0.2, 0.25) is 0 Å². The van der Waals surface area contributed by atoms with Gasteiger partial charge >= 0.3 is 35.9 Å². The molecular weight excluding hydrogens is 1590 g/mol. The number of ether oxygens (including phenoxy) is 2. The molecule has 1 aliphatic rings. The van der Waals surface area contributed by atoms with Crippen LogP contribution < -0.4 is 81.0 Å². The highest BCUT2D eigenvalue weighted by Gasteiger charge is 2.43. The maximum Gasteiger partial charge on any atom is 0.417 e. The summed E-state index contributed by atoms with van der Waals surface area (Å²) in [6, 6.07) is -11.8. The summed E-state index contributed by atoms with van der Waals surface area (Å²) < 4.78 is 10.8. The van der Waals surface area contributed by atoms with Gasteiger partial charge in [-0.3, -0.25) is 91.1 Å². The third kappa shape index (κ3) is 33.3. The quantitative estimate of drug-likeness (QED) is 0.00846. The minimum Gasteiger partial charge on any atom is -0.481 e. The molecule has 3 aromatic rings. The Bertz CT molecular complexity index is 4250. The Morgan fingerprint density at radius 3 is 1.79 bits per heavy atom. The highest BCUT2D eigenvalue weighted by atomic mass is 16.6. The predicted molar refractivity (Wildman–Crippen MR) is 416 cm³/mol. The first-order chi connectivity index (χ1) is 56.8. The molecule has 24 N–H and O–H groups in total. The number of aliphatic carboxylic acids is 4. The predicted octanol–water partition coefficient (Wildman–Crippen LogP) is -4.83. The fraction of sp³-hybridized carbons (Fsp3) is 0.507. The number of benzene rings is 2. The number of nitrogen functional groups attached to an aromatic ring is 1. The Balaban J connectivity index is 1.95. The number of anilines is 1. The third-order valence-electron chi connectivity index (χ3n) is 18.2. The SMILES string of the molecule is C=CCOC(=O)N1C(=O)CNC(=O)[C@@H](NC(=O)[C@H](CC(=O)O)NC(=O)[C@H](CC(N)=O)NC(=O)[C@H](Cc2c[nH]c3ccccc23)NC(=O)CCCCCCCCC)[C@@H](C)OC(=O)[C@H](CC(=O)c2ccccc2N)NC(=O)[C@H](CCC(=O)O)NC(=O)[C@@H](CO)NC(=O)CNC(=O)[C@H](CC(=O)O)NC(=O)[C@@H](C)NC(=O)[C@H](CC(=O)O)NC(=O)[C@@H]1CCCN. The number of nitrogens with two attached hydrogens (primary N) is 3. The number of unbranched alkanes of at least 4 members (excludes halogenated alkanes) is 6. The van der Waals surface area contributed by atoms with Gasteiger partial charge < -0.3 is 121 Å². The first kappa shape index (κ1) is 98.9. The van der Waals surface area contributed by atoms with Gasteiger partial charge in [-0.25, -0.2) is 14.5 Å². The van der Waals surface area contributed by atoms with E-state index in [4.69, 9.17) is 26.7 Å². The van der Waals surface area contributed by atoms with E-state index in [1.165, 1.54) is 18.2 Å². The van der Waals surface area contributed by atoms with Crippen molar-refractivity contribution < 1.29 is 136 Å². The van der Waals surface area contributed by atoms with Gasteiger partial charge in [0, 0.05) is 54.0 Å². The van der Waals surface area contributed by atoms with Gasteiger partial charge in [-0.05, 0) is 69.8 Å². The number of carboxylic acid groups (broad SMARTS) is 4. The molecule has 656 valence electrons. The highest BCUT2D eigenvalue weighted by molar-refractivity contribution is 6.06. The molecule has 0 saturated carbocycles. The Kier molecular flexibility index (Phi) is 41.4. The number of amides is 15. The lowest BCUT2D eigenvalue weighted by atomic mass is 10.0. The maximum absolute atomic E-state index is 15.0. The molecule has 1 aromatic heterocycles. The van der Waals surface area contributed by atoms with Gasteiger partial charge in [0.25, 0.3) is 5.91 Å². The van der Waals surface area contributed by atoms with Crippen molar-refractivity contribution in [2.24, 2.45) is 11.5 Å². The molecule has 0 aliphatic carbocycles. The number of aliphatic hydroxyl groups excluding tert-OH is 1. The summed E-state index contributed by atoms with van der Waals surface area (Å²) in [6.07, 6.45) is -5.07. The van der Waals surface area contributed by atoms with Crippen LogP contribution in [0.15, 0.2) is 67.4 Å². The molecule has 15 amide bonds. The largest absolute Gasteiger partial charge is 0.481 e. The molecular formula is C75H103N17O28. The number of hydrogen-bond acceptors (Lipinski definition) is 26. The van der Waals surface area contributed by atoms with E-state index in [0.717, 1.165) is 58.1 Å². The number of para-hydroxylation sites is 2. The number of imide groups is 1. The van der Waals surface area contributed by atoms with E-state index in [0.29, 0.717) is 29.3 Å². The molecule has 45 nitrogen and oxygen atoms in total. The van der Waals surface area contributed by atoms with Gasteiger partial charge in [0.1, 0.15) is 79.2 Å². The van der Waals surface area contributed by atoms with Gasteiger partial charge in [-0.15, -0.1) is 0 Å². The molecule has 0 unspecified atom stereocenters. The van der Waals surface area contributed by atoms with Crippen molar-refractivity contribution >= 4 is 141 Å². The zero-order chi connectivity index (χ0) is 89.5. The third-order valence-corrected chi connectivity index (χ3v) is 18.2. The summed E-state index contributed by atoms with van der Waals surface area (Å²) in [4.78, 5) is 293. The lowest BCUT2D eigenvalue weighted by molar-refractivity contribution is -0.156. The zero-order valence-corrected chi connectivity index (χ0v) is 66.0. The second-order valence-electron chi connectivity index (χ2n) is 27.7. The number of H-pyrrole nitrogens is 1. The fourth-order valence-electron chi connectivity index (χ4n) is 12.0. The minimum absolute atomic E-state index is 0.0395. The molecule has 0 bridgehead atoms. The van der Waals surface area contributed by atoms with Crippen LogP contribution in [0.5, 0.6) is 0 Å². The number of Topliss-reactive ketones (excluding diaryl/α,β-unsaturated/α-hetero) is 1. The first-order valence-corrected chi connectivity index (χ1v) is 38.1. The Labute approximate surface area is 685 Å². The van der Waals surface area contributed by atoms with E-state index in [1.54, 1.807) is 30.5 Å². The molecule has 120 heavy (non-hydrogen) atoms. The number of esters is 1. The van der Waals surface area contributed by atoms with Gasteiger partial charge in [0.05, 0.1) is 45.4 Å². The highest BCUT2D eigenvalue weighted by Crippen LogP contribution is 2.22. The number of fused-ring (bicyclic) bond motifs is 1. The van der Waals surface area contributed by atoms with E-state index in [1.807, 2.05) is 26.6 Å². The molecule has 1 saturated heterocycles. The van der Waals surface area contributed by atoms with Gasteiger partial charge in [0.15, 0.2) is 5.78 Å². The number of nitrogens with one attached hydrogen (secondary N) is 13. The van der Waals surface area contributed by atoms with Crippen LogP contribution in [0.3, 0.4) is 0 Å². The molecule has 0 spiro atoms. The van der Waals surface area contributed by atoms with Crippen molar-refractivity contribution in [2.45, 2.75) is 209 Å². The van der Waals surface area contributed by atoms with E-state index in [2.05, 4.69) is 55.7 Å². The standard InChI is InChI=1S/C75H103N17O28/c1-5-7-8-9-10-11-12-23-56(96)83-46(28-40-34-79-44-21-16-14-18-41(40)44)68(111)87-47(30-55(78)95)69(112)88-50(33-62(105)106)70(113)91-63-39(4)120-74(117)51(29-54(94)42-19-13-15-20-43(42)77)90-66(109)45(24-25-59(99)100)85-71(114)52(37-93)84-57(97)35-80-65(108)48(31-60(101)102)86-64(107)38(3)82-67(110)49(32-61(103)104)89-72(115)53(22-17-26-76)92(75(118)119-27-6-2)58(98)36-81-73(63)116/h6,13-16,18-21,34,38-39,45-53,63,79,93H,2,5,7-12,17,22-33,35-37,76-77H2,1,3-4H3,(H2,78,95)(H,80,108)(H,81,116)(H,82,110)(H,83,96)(H,84,97)(H,85,114)(H,86,107)(H,87,111)(H,88,112)(H,89,115)(H,90,109)(H,91,113)(H,99,100)(H,101,102)(H,103,104)(H,105,106)/t38-,39-,45+,46+,47+,48+,49+,50+,51+,52-,53+,63+/m1/s1. The Hall–Kier alpha value is -13.5. The number of ketones is 1. The van der Waals surface area contributed by atoms with Crippen LogP contribution in [-0.4, -0.2) is 265 Å². The van der Waals surface area contributed by atoms with Crippen molar-refractivity contribution in [1.82, 2.24) is 73.7 Å². The number of aromatic nitrogens is 1. The van der Waals surface area contributed by atoms with Crippen LogP contribution in [0.25, 0.3) is 10.9 Å². The molecule has 1 aliphatic heterocycles. The van der Waals surface area contributed by atoms with E-state index >= 15 is 4.79 Å². The number of carbonyl (C=O) groups excluding carboxylic acids is 17. The molecule has 45 heteroatoms. The monoisotopic (exact) mass is 1690 g/mol. The molecule has 2 aromatic carbocycles. The van der Waals surface area contributed by atoms with E-state index < -0.39 is 275 Å². The van der Waals surface area contributed by atoms with Crippen molar-refractivity contribution in [1.29, 1.82) is 0 Å². The van der Waals surface area contributed by atoms with Crippen molar-refractivity contribution in [3.63, 3.8) is 0 Å². The number of nitrogens with zero attached hydrogens (tertiary/aromatic N) is 1. The Morgan fingerprint density at radius 2 is 1.18 bits per heavy atom. The second-order valence-corrected chi connectivity index (χ2v) is 27.7. The molecule has 4 rings (SSSR count). The molecule has 12 atom stereocenters. The topological polar surface area (TPSA) is 720 Å². The Morgan fingerprint density at radius 1 is 0.600 bits per heavy atom. The van der Waals surface area contributed by atoms with Crippen LogP contribution in [0, 0.1) is 0 Å². The summed E-state index contributed by atoms with van der Waals surface area (Å²) >= 11 is 0. The number of aliphatic hydroxyl groups is 1. The van der Waals surface area contributed by atoms with Crippen molar-refractivity contribution in [2.75, 3.05) is 38.6 Å². The minimum atomic E-state index is -2.58. The normalized spacial score (nSPS) is 20.5. The number of rotatable bonds is 37. The van der Waals surface area contributed by atoms with Crippen LogP contribution >= 0.6 is 0 Å². The summed E-state index contributed by atoms with van der Waals surface area (Å²) in [5.74, 6) is -29.7. The number of hydrogen-bond donors (Lipinski definition) is 21. The lowest BCUT2D eigenvalue weighted by Crippen LogP contribution is -2.62. The number of primary amides is 1.